The Kier molecular flexibility index (Phi) is 6.39. The van der Waals surface area contributed by atoms with Crippen LogP contribution in [0.1, 0.15) is 87.4 Å². The molecule has 3 nitrogen and oxygen atoms in total. The zero-order chi connectivity index (χ0) is 18.4. The molecule has 3 rings (SSSR count). The van der Waals surface area contributed by atoms with E-state index in [1.165, 1.54) is 0 Å². The molecule has 2 fully saturated rings. The molecule has 140 valence electrons. The van der Waals surface area contributed by atoms with Gasteiger partial charge < -0.3 is 0 Å². The standard InChI is InChI=1S/C23H30O3/c24-20-15-9-2-1-8-14-19(20)23(17-11-4-3-10-16-21(23)25)22(26)18-12-6-5-7-13-18/h5-7,12-13,19H,1-4,8-11,14-17H2. The van der Waals surface area contributed by atoms with Gasteiger partial charge in [0.25, 0.3) is 0 Å². The third-order valence-corrected chi connectivity index (χ3v) is 6.31. The number of carbonyl (C=O) groups is 3. The molecule has 0 saturated heterocycles. The van der Waals surface area contributed by atoms with E-state index in [-0.39, 0.29) is 17.3 Å². The molecule has 0 spiro atoms. The summed E-state index contributed by atoms with van der Waals surface area (Å²) in [5.41, 5.74) is -0.549. The largest absolute Gasteiger partial charge is 0.299 e. The van der Waals surface area contributed by atoms with Crippen molar-refractivity contribution in [2.24, 2.45) is 11.3 Å². The fourth-order valence-corrected chi connectivity index (χ4v) is 4.88. The van der Waals surface area contributed by atoms with Crippen molar-refractivity contribution >= 4 is 17.3 Å². The van der Waals surface area contributed by atoms with Crippen molar-refractivity contribution in [3.8, 4) is 0 Å². The molecule has 2 atom stereocenters. The van der Waals surface area contributed by atoms with Gasteiger partial charge in [0.05, 0.1) is 0 Å². The molecule has 0 aliphatic heterocycles. The molecule has 0 radical (unpaired) electrons. The van der Waals surface area contributed by atoms with Crippen LogP contribution < -0.4 is 0 Å². The maximum absolute atomic E-state index is 13.7. The summed E-state index contributed by atoms with van der Waals surface area (Å²) >= 11 is 0. The first kappa shape index (κ1) is 19.0. The average molecular weight is 354 g/mol. The summed E-state index contributed by atoms with van der Waals surface area (Å²) < 4.78 is 0. The van der Waals surface area contributed by atoms with Gasteiger partial charge in [-0.15, -0.1) is 0 Å². The topological polar surface area (TPSA) is 51.2 Å². The highest BCUT2D eigenvalue weighted by molar-refractivity contribution is 6.17. The fraction of sp³-hybridized carbons (Fsp3) is 0.609. The number of rotatable bonds is 3. The van der Waals surface area contributed by atoms with Gasteiger partial charge in [-0.25, -0.2) is 0 Å². The van der Waals surface area contributed by atoms with E-state index in [1.807, 2.05) is 18.2 Å². The van der Waals surface area contributed by atoms with Crippen LogP contribution in [0.15, 0.2) is 30.3 Å². The van der Waals surface area contributed by atoms with Crippen molar-refractivity contribution in [2.45, 2.75) is 77.0 Å². The van der Waals surface area contributed by atoms with Crippen molar-refractivity contribution in [1.82, 2.24) is 0 Å². The second-order valence-corrected chi connectivity index (χ2v) is 7.98. The Morgan fingerprint density at radius 1 is 0.808 bits per heavy atom. The molecule has 0 aromatic heterocycles. The summed E-state index contributed by atoms with van der Waals surface area (Å²) in [6.45, 7) is 0. The smallest absolute Gasteiger partial charge is 0.177 e. The van der Waals surface area contributed by atoms with Crippen LogP contribution in [0.5, 0.6) is 0 Å². The van der Waals surface area contributed by atoms with Crippen LogP contribution in [0.3, 0.4) is 0 Å². The van der Waals surface area contributed by atoms with Crippen LogP contribution in [-0.4, -0.2) is 17.3 Å². The second kappa shape index (κ2) is 8.75. The van der Waals surface area contributed by atoms with E-state index < -0.39 is 11.3 Å². The Hall–Kier alpha value is -1.77. The molecule has 2 saturated carbocycles. The molecule has 1 aromatic carbocycles. The third kappa shape index (κ3) is 3.82. The monoisotopic (exact) mass is 354 g/mol. The highest BCUT2D eigenvalue weighted by Crippen LogP contribution is 2.45. The molecule has 1 aromatic rings. The minimum absolute atomic E-state index is 0.0185. The fourth-order valence-electron chi connectivity index (χ4n) is 4.88. The minimum Gasteiger partial charge on any atom is -0.299 e. The minimum atomic E-state index is -1.13. The maximum Gasteiger partial charge on any atom is 0.177 e. The van der Waals surface area contributed by atoms with Gasteiger partial charge in [-0.1, -0.05) is 68.9 Å². The van der Waals surface area contributed by atoms with Crippen LogP contribution in [0, 0.1) is 11.3 Å². The van der Waals surface area contributed by atoms with Gasteiger partial charge in [-0.05, 0) is 25.7 Å². The summed E-state index contributed by atoms with van der Waals surface area (Å²) in [5, 5.41) is 0. The maximum atomic E-state index is 13.7. The lowest BCUT2D eigenvalue weighted by molar-refractivity contribution is -0.138. The molecule has 0 amide bonds. The highest BCUT2D eigenvalue weighted by Gasteiger charge is 2.53. The molecule has 2 unspecified atom stereocenters. The Bertz CT molecular complexity index is 649. The lowest BCUT2D eigenvalue weighted by atomic mass is 9.59. The van der Waals surface area contributed by atoms with Crippen LogP contribution in [0.4, 0.5) is 0 Å². The highest BCUT2D eigenvalue weighted by atomic mass is 16.2. The first-order valence-electron chi connectivity index (χ1n) is 10.3. The van der Waals surface area contributed by atoms with Crippen molar-refractivity contribution in [3.63, 3.8) is 0 Å². The molecule has 2 aliphatic carbocycles. The number of carbonyl (C=O) groups excluding carboxylic acids is 3. The normalized spacial score (nSPS) is 28.5. The number of ketones is 3. The molecular weight excluding hydrogens is 324 g/mol. The number of hydrogen-bond donors (Lipinski definition) is 0. The molecule has 2 aliphatic rings. The van der Waals surface area contributed by atoms with E-state index in [9.17, 15) is 14.4 Å². The summed E-state index contributed by atoms with van der Waals surface area (Å²) in [5.74, 6) is -0.377. The Morgan fingerprint density at radius 2 is 1.46 bits per heavy atom. The van der Waals surface area contributed by atoms with E-state index in [0.717, 1.165) is 51.4 Å². The first-order chi connectivity index (χ1) is 12.7. The van der Waals surface area contributed by atoms with Crippen LogP contribution >= 0.6 is 0 Å². The number of Topliss-reactive ketones (excluding diaryl/α,β-unsaturated/α-hetero) is 3. The van der Waals surface area contributed by atoms with Crippen LogP contribution in [-0.2, 0) is 9.59 Å². The molecule has 26 heavy (non-hydrogen) atoms. The van der Waals surface area contributed by atoms with E-state index in [4.69, 9.17) is 0 Å². The molecular formula is C23H30O3. The SMILES string of the molecule is O=C1CCCCCCC1C1(C(=O)c2ccccc2)CCCCCCC1=O. The number of benzene rings is 1. The van der Waals surface area contributed by atoms with Crippen molar-refractivity contribution in [1.29, 1.82) is 0 Å². The quantitative estimate of drug-likeness (QED) is 0.545. The zero-order valence-electron chi connectivity index (χ0n) is 15.7. The summed E-state index contributed by atoms with van der Waals surface area (Å²) in [4.78, 5) is 40.1. The Balaban J connectivity index is 2.06. The van der Waals surface area contributed by atoms with Gasteiger partial charge in [-0.3, -0.25) is 14.4 Å². The van der Waals surface area contributed by atoms with Crippen molar-refractivity contribution < 1.29 is 14.4 Å². The Morgan fingerprint density at radius 3 is 2.23 bits per heavy atom. The first-order valence-corrected chi connectivity index (χ1v) is 10.3. The zero-order valence-corrected chi connectivity index (χ0v) is 15.7. The van der Waals surface area contributed by atoms with Crippen LogP contribution in [0.25, 0.3) is 0 Å². The lowest BCUT2D eigenvalue weighted by Crippen LogP contribution is -2.49. The predicted molar refractivity (Wildman–Crippen MR) is 102 cm³/mol. The lowest BCUT2D eigenvalue weighted by Gasteiger charge is -2.39. The molecule has 0 bridgehead atoms. The van der Waals surface area contributed by atoms with Crippen molar-refractivity contribution in [2.75, 3.05) is 0 Å². The predicted octanol–water partition coefficient (Wildman–Crippen LogP) is 5.32. The van der Waals surface area contributed by atoms with Gasteiger partial charge in [0, 0.05) is 24.3 Å². The van der Waals surface area contributed by atoms with Crippen LogP contribution in [0.2, 0.25) is 0 Å². The summed E-state index contributed by atoms with van der Waals surface area (Å²) in [6.07, 6.45) is 9.94. The molecule has 3 heteroatoms. The second-order valence-electron chi connectivity index (χ2n) is 7.98. The van der Waals surface area contributed by atoms with Gasteiger partial charge in [0.1, 0.15) is 17.0 Å². The van der Waals surface area contributed by atoms with E-state index in [0.29, 0.717) is 31.2 Å². The van der Waals surface area contributed by atoms with Crippen molar-refractivity contribution in [3.05, 3.63) is 35.9 Å². The third-order valence-electron chi connectivity index (χ3n) is 6.31. The Labute approximate surface area is 156 Å². The molecule has 0 N–H and O–H groups in total. The van der Waals surface area contributed by atoms with Gasteiger partial charge in [0.15, 0.2) is 5.78 Å². The van der Waals surface area contributed by atoms with Gasteiger partial charge in [-0.2, -0.15) is 0 Å². The van der Waals surface area contributed by atoms with E-state index in [2.05, 4.69) is 0 Å². The number of hydrogen-bond acceptors (Lipinski definition) is 3. The van der Waals surface area contributed by atoms with E-state index in [1.54, 1.807) is 12.1 Å². The molecule has 0 heterocycles. The van der Waals surface area contributed by atoms with Gasteiger partial charge >= 0.3 is 0 Å². The van der Waals surface area contributed by atoms with Gasteiger partial charge in [0.2, 0.25) is 0 Å². The average Bonchev–Trinajstić information content (AvgIpc) is 2.64. The van der Waals surface area contributed by atoms with E-state index >= 15 is 0 Å². The summed E-state index contributed by atoms with van der Waals surface area (Å²) in [7, 11) is 0. The summed E-state index contributed by atoms with van der Waals surface area (Å²) in [6, 6.07) is 9.15.